The minimum absolute atomic E-state index is 0.121. The second-order valence-electron chi connectivity index (χ2n) is 7.60. The van der Waals surface area contributed by atoms with Crippen LogP contribution in [0.3, 0.4) is 0 Å². The Morgan fingerprint density at radius 3 is 2.08 bits per heavy atom. The lowest BCUT2D eigenvalue weighted by Gasteiger charge is -2.19. The number of hydrogen-bond donors (Lipinski definition) is 0. The second kappa shape index (κ2) is 6.38. The number of nitrogens with zero attached hydrogens (tertiary/aromatic N) is 2. The zero-order valence-electron chi connectivity index (χ0n) is 15.4. The van der Waals surface area contributed by atoms with E-state index in [2.05, 4.69) is 81.4 Å². The van der Waals surface area contributed by atoms with E-state index in [-0.39, 0.29) is 5.41 Å². The van der Waals surface area contributed by atoms with Crippen molar-refractivity contribution in [2.24, 2.45) is 0 Å². The lowest BCUT2D eigenvalue weighted by atomic mass is 9.94. The molecule has 2 nitrogen and oxygen atoms in total. The van der Waals surface area contributed by atoms with Gasteiger partial charge in [0, 0.05) is 16.5 Å². The zero-order valence-corrected chi connectivity index (χ0v) is 15.4. The molecule has 3 aromatic carbocycles. The van der Waals surface area contributed by atoms with E-state index in [0.717, 1.165) is 28.3 Å². The molecule has 4 rings (SSSR count). The van der Waals surface area contributed by atoms with Gasteiger partial charge in [0.05, 0.1) is 11.4 Å². The third kappa shape index (κ3) is 3.11. The highest BCUT2D eigenvalue weighted by atomic mass is 14.9. The molecule has 128 valence electrons. The van der Waals surface area contributed by atoms with E-state index in [1.165, 1.54) is 10.8 Å². The van der Waals surface area contributed by atoms with Crippen molar-refractivity contribution >= 4 is 10.8 Å². The van der Waals surface area contributed by atoms with Crippen LogP contribution in [0.1, 0.15) is 26.6 Å². The summed E-state index contributed by atoms with van der Waals surface area (Å²) in [5.41, 5.74) is 4.08. The van der Waals surface area contributed by atoms with Crippen molar-refractivity contribution < 1.29 is 0 Å². The minimum atomic E-state index is -0.121. The molecule has 0 bridgehead atoms. The lowest BCUT2D eigenvalue weighted by molar-refractivity contribution is 0.547. The smallest absolute Gasteiger partial charge is 0.135 e. The van der Waals surface area contributed by atoms with Gasteiger partial charge in [-0.1, -0.05) is 93.6 Å². The van der Waals surface area contributed by atoms with Crippen molar-refractivity contribution in [3.8, 4) is 22.5 Å². The van der Waals surface area contributed by atoms with Crippen molar-refractivity contribution in [3.05, 3.63) is 84.7 Å². The van der Waals surface area contributed by atoms with Gasteiger partial charge in [-0.05, 0) is 16.8 Å². The van der Waals surface area contributed by atoms with Crippen LogP contribution in [-0.2, 0) is 5.41 Å². The summed E-state index contributed by atoms with van der Waals surface area (Å²) >= 11 is 0. The van der Waals surface area contributed by atoms with Gasteiger partial charge in [0.2, 0.25) is 0 Å². The van der Waals surface area contributed by atoms with Gasteiger partial charge in [0.25, 0.3) is 0 Å². The van der Waals surface area contributed by atoms with Gasteiger partial charge in [-0.25, -0.2) is 9.97 Å². The van der Waals surface area contributed by atoms with Crippen LogP contribution in [-0.4, -0.2) is 9.97 Å². The molecule has 0 amide bonds. The van der Waals surface area contributed by atoms with Crippen molar-refractivity contribution in [2.75, 3.05) is 0 Å². The molecule has 2 heteroatoms. The number of aromatic nitrogens is 2. The first-order valence-electron chi connectivity index (χ1n) is 8.95. The molecule has 0 saturated heterocycles. The van der Waals surface area contributed by atoms with Gasteiger partial charge in [-0.15, -0.1) is 0 Å². The van der Waals surface area contributed by atoms with Crippen LogP contribution in [0, 0.1) is 0 Å². The topological polar surface area (TPSA) is 25.8 Å². The first kappa shape index (κ1) is 16.5. The third-order valence-corrected chi connectivity index (χ3v) is 4.53. The van der Waals surface area contributed by atoms with E-state index in [1.54, 1.807) is 0 Å². The Kier molecular flexibility index (Phi) is 4.04. The van der Waals surface area contributed by atoms with E-state index < -0.39 is 0 Å². The maximum Gasteiger partial charge on any atom is 0.135 e. The van der Waals surface area contributed by atoms with Gasteiger partial charge >= 0.3 is 0 Å². The highest BCUT2D eigenvalue weighted by Gasteiger charge is 2.20. The highest BCUT2D eigenvalue weighted by molar-refractivity contribution is 5.96. The summed E-state index contributed by atoms with van der Waals surface area (Å²) in [5, 5.41) is 2.44. The third-order valence-electron chi connectivity index (χ3n) is 4.53. The zero-order chi connectivity index (χ0) is 18.1. The average Bonchev–Trinajstić information content (AvgIpc) is 2.67. The molecule has 0 N–H and O–H groups in total. The van der Waals surface area contributed by atoms with Gasteiger partial charge in [-0.2, -0.15) is 0 Å². The summed E-state index contributed by atoms with van der Waals surface area (Å²) in [6, 6.07) is 27.3. The summed E-state index contributed by atoms with van der Waals surface area (Å²) in [7, 11) is 0. The Morgan fingerprint density at radius 1 is 0.654 bits per heavy atom. The molecule has 1 aromatic heterocycles. The molecule has 0 unspecified atom stereocenters. The van der Waals surface area contributed by atoms with E-state index in [9.17, 15) is 0 Å². The number of hydrogen-bond acceptors (Lipinski definition) is 2. The molecule has 0 fully saturated rings. The molecule has 0 spiro atoms. The quantitative estimate of drug-likeness (QED) is 0.431. The van der Waals surface area contributed by atoms with Crippen LogP contribution in [0.4, 0.5) is 0 Å². The first-order valence-corrected chi connectivity index (χ1v) is 8.95. The fourth-order valence-electron chi connectivity index (χ4n) is 3.13. The molecule has 0 aliphatic carbocycles. The molecular formula is C24H22N2. The Balaban J connectivity index is 1.99. The summed E-state index contributed by atoms with van der Waals surface area (Å²) in [6.45, 7) is 6.47. The van der Waals surface area contributed by atoms with Gasteiger partial charge < -0.3 is 0 Å². The fourth-order valence-corrected chi connectivity index (χ4v) is 3.13. The molecule has 0 radical (unpaired) electrons. The van der Waals surface area contributed by atoms with Crippen LogP contribution >= 0.6 is 0 Å². The first-order chi connectivity index (χ1) is 12.5. The lowest BCUT2D eigenvalue weighted by Crippen LogP contribution is -2.17. The largest absolute Gasteiger partial charge is 0.232 e. The highest BCUT2D eigenvalue weighted by Crippen LogP contribution is 2.31. The van der Waals surface area contributed by atoms with E-state index in [0.29, 0.717) is 0 Å². The molecule has 1 heterocycles. The van der Waals surface area contributed by atoms with E-state index >= 15 is 0 Å². The molecule has 26 heavy (non-hydrogen) atoms. The fraction of sp³-hybridized carbons (Fsp3) is 0.167. The Bertz CT molecular complexity index is 1050. The molecule has 0 saturated carbocycles. The number of rotatable bonds is 2. The SMILES string of the molecule is CC(C)(C)c1nc(-c2ccccc2)cc(-c2cccc3ccccc23)n1. The average molecular weight is 338 g/mol. The summed E-state index contributed by atoms with van der Waals surface area (Å²) in [6.07, 6.45) is 0. The van der Waals surface area contributed by atoms with Gasteiger partial charge in [-0.3, -0.25) is 0 Å². The molecule has 4 aromatic rings. The van der Waals surface area contributed by atoms with Crippen LogP contribution < -0.4 is 0 Å². The summed E-state index contributed by atoms with van der Waals surface area (Å²) in [5.74, 6) is 0.863. The van der Waals surface area contributed by atoms with E-state index in [1.807, 2.05) is 18.2 Å². The monoisotopic (exact) mass is 338 g/mol. The predicted molar refractivity (Wildman–Crippen MR) is 109 cm³/mol. The Morgan fingerprint density at radius 2 is 1.31 bits per heavy atom. The molecule has 0 aliphatic rings. The van der Waals surface area contributed by atoms with Crippen molar-refractivity contribution in [3.63, 3.8) is 0 Å². The maximum absolute atomic E-state index is 4.94. The van der Waals surface area contributed by atoms with Crippen LogP contribution in [0.25, 0.3) is 33.3 Å². The maximum atomic E-state index is 4.94. The molecule has 0 aliphatic heterocycles. The Labute approximate surface area is 154 Å². The predicted octanol–water partition coefficient (Wildman–Crippen LogP) is 6.26. The van der Waals surface area contributed by atoms with Crippen molar-refractivity contribution in [2.45, 2.75) is 26.2 Å². The molecular weight excluding hydrogens is 316 g/mol. The molecule has 0 atom stereocenters. The number of benzene rings is 3. The van der Waals surface area contributed by atoms with E-state index in [4.69, 9.17) is 9.97 Å². The number of fused-ring (bicyclic) bond motifs is 1. The minimum Gasteiger partial charge on any atom is -0.232 e. The standard InChI is InChI=1S/C24H22N2/c1-24(2,3)23-25-21(18-11-5-4-6-12-18)16-22(26-23)20-15-9-13-17-10-7-8-14-19(17)20/h4-16H,1-3H3. The summed E-state index contributed by atoms with van der Waals surface area (Å²) in [4.78, 5) is 9.81. The van der Waals surface area contributed by atoms with Crippen molar-refractivity contribution in [1.82, 2.24) is 9.97 Å². The normalized spacial score (nSPS) is 11.7. The van der Waals surface area contributed by atoms with Crippen LogP contribution in [0.15, 0.2) is 78.9 Å². The second-order valence-corrected chi connectivity index (χ2v) is 7.60. The summed E-state index contributed by atoms with van der Waals surface area (Å²) < 4.78 is 0. The van der Waals surface area contributed by atoms with Crippen LogP contribution in [0.5, 0.6) is 0 Å². The van der Waals surface area contributed by atoms with Crippen LogP contribution in [0.2, 0.25) is 0 Å². The van der Waals surface area contributed by atoms with Gasteiger partial charge in [0.1, 0.15) is 5.82 Å². The van der Waals surface area contributed by atoms with Gasteiger partial charge in [0.15, 0.2) is 0 Å². The Hall–Kier alpha value is -3.00. The van der Waals surface area contributed by atoms with Crippen molar-refractivity contribution in [1.29, 1.82) is 0 Å².